The molecule has 104 valence electrons. The molecule has 6 heteroatoms. The molecule has 19 heavy (non-hydrogen) atoms. The second kappa shape index (κ2) is 5.42. The summed E-state index contributed by atoms with van der Waals surface area (Å²) in [6.07, 6.45) is 2.49. The zero-order valence-corrected chi connectivity index (χ0v) is 11.6. The first-order chi connectivity index (χ1) is 9.01. The van der Waals surface area contributed by atoms with Gasteiger partial charge in [-0.15, -0.1) is 0 Å². The maximum atomic E-state index is 11.0. The summed E-state index contributed by atoms with van der Waals surface area (Å²) in [6, 6.07) is 3.29. The van der Waals surface area contributed by atoms with Crippen LogP contribution in [0.3, 0.4) is 0 Å². The highest BCUT2D eigenvalue weighted by Gasteiger charge is 2.27. The van der Waals surface area contributed by atoms with Crippen LogP contribution in [0.4, 0.5) is 17.3 Å². The molecule has 1 aliphatic carbocycles. The highest BCUT2D eigenvalue weighted by Crippen LogP contribution is 2.33. The Kier molecular flexibility index (Phi) is 3.87. The molecule has 6 nitrogen and oxygen atoms in total. The van der Waals surface area contributed by atoms with E-state index in [4.69, 9.17) is 0 Å². The molecule has 1 aromatic rings. The van der Waals surface area contributed by atoms with Gasteiger partial charge in [0.15, 0.2) is 0 Å². The average molecular weight is 264 g/mol. The van der Waals surface area contributed by atoms with Crippen LogP contribution in [-0.4, -0.2) is 29.5 Å². The first-order valence-corrected chi connectivity index (χ1v) is 6.62. The molecule has 0 radical (unpaired) electrons. The van der Waals surface area contributed by atoms with Crippen LogP contribution in [0, 0.1) is 16.0 Å². The van der Waals surface area contributed by atoms with Gasteiger partial charge in [-0.2, -0.15) is 0 Å². The Balaban J connectivity index is 2.33. The molecule has 0 aromatic carbocycles. The second-order valence-electron chi connectivity index (χ2n) is 5.27. The summed E-state index contributed by atoms with van der Waals surface area (Å²) in [4.78, 5) is 17.2. The monoisotopic (exact) mass is 264 g/mol. The number of nitrogens with one attached hydrogen (secondary N) is 1. The zero-order valence-electron chi connectivity index (χ0n) is 11.6. The highest BCUT2D eigenvalue weighted by molar-refractivity contribution is 5.56. The van der Waals surface area contributed by atoms with Crippen molar-refractivity contribution in [3.8, 4) is 0 Å². The van der Waals surface area contributed by atoms with Crippen molar-refractivity contribution in [1.82, 2.24) is 4.98 Å². The van der Waals surface area contributed by atoms with Crippen LogP contribution in [0.15, 0.2) is 12.1 Å². The maximum Gasteiger partial charge on any atom is 0.276 e. The predicted octanol–water partition coefficient (Wildman–Crippen LogP) is 2.66. The number of anilines is 2. The van der Waals surface area contributed by atoms with Crippen molar-refractivity contribution in [1.29, 1.82) is 0 Å². The fourth-order valence-corrected chi connectivity index (χ4v) is 2.03. The van der Waals surface area contributed by atoms with Crippen molar-refractivity contribution in [2.45, 2.75) is 32.7 Å². The van der Waals surface area contributed by atoms with Crippen LogP contribution in [-0.2, 0) is 0 Å². The number of aromatic nitrogens is 1. The summed E-state index contributed by atoms with van der Waals surface area (Å²) in [7, 11) is 1.72. The third-order valence-electron chi connectivity index (χ3n) is 3.33. The van der Waals surface area contributed by atoms with Gasteiger partial charge in [0, 0.05) is 19.6 Å². The fourth-order valence-electron chi connectivity index (χ4n) is 2.03. The van der Waals surface area contributed by atoms with Crippen LogP contribution < -0.4 is 10.2 Å². The van der Waals surface area contributed by atoms with Crippen molar-refractivity contribution < 1.29 is 4.92 Å². The summed E-state index contributed by atoms with van der Waals surface area (Å²) in [5.74, 6) is 1.92. The van der Waals surface area contributed by atoms with E-state index in [0.717, 1.165) is 6.54 Å². The first-order valence-electron chi connectivity index (χ1n) is 6.62. The number of nitrogens with zero attached hydrogens (tertiary/aromatic N) is 3. The van der Waals surface area contributed by atoms with E-state index in [1.54, 1.807) is 13.1 Å². The average Bonchev–Trinajstić information content (AvgIpc) is 3.18. The van der Waals surface area contributed by atoms with Crippen LogP contribution >= 0.6 is 0 Å². The van der Waals surface area contributed by atoms with E-state index in [2.05, 4.69) is 29.0 Å². The van der Waals surface area contributed by atoms with E-state index < -0.39 is 0 Å². The second-order valence-corrected chi connectivity index (χ2v) is 5.27. The highest BCUT2D eigenvalue weighted by atomic mass is 16.6. The lowest BCUT2D eigenvalue weighted by Crippen LogP contribution is -2.33. The van der Waals surface area contributed by atoms with Crippen molar-refractivity contribution in [3.05, 3.63) is 22.2 Å². The van der Waals surface area contributed by atoms with Crippen LogP contribution in [0.2, 0.25) is 0 Å². The number of nitro groups is 1. The molecule has 1 aliphatic rings. The molecule has 2 rings (SSSR count). The summed E-state index contributed by atoms with van der Waals surface area (Å²) in [5.41, 5.74) is 0.0794. The summed E-state index contributed by atoms with van der Waals surface area (Å²) in [6.45, 7) is 5.10. The Bertz CT molecular complexity index is 472. The summed E-state index contributed by atoms with van der Waals surface area (Å²) in [5, 5.41) is 13.9. The van der Waals surface area contributed by atoms with Crippen LogP contribution in [0.25, 0.3) is 0 Å². The predicted molar refractivity (Wildman–Crippen MR) is 75.6 cm³/mol. The molecule has 0 unspecified atom stereocenters. The van der Waals surface area contributed by atoms with E-state index in [-0.39, 0.29) is 16.7 Å². The van der Waals surface area contributed by atoms with E-state index in [9.17, 15) is 10.1 Å². The third-order valence-corrected chi connectivity index (χ3v) is 3.33. The summed E-state index contributed by atoms with van der Waals surface area (Å²) < 4.78 is 0. The van der Waals surface area contributed by atoms with Crippen LogP contribution in [0.5, 0.6) is 0 Å². The largest absolute Gasteiger partial charge is 0.373 e. The van der Waals surface area contributed by atoms with E-state index >= 15 is 0 Å². The Labute approximate surface area is 113 Å². The lowest BCUT2D eigenvalue weighted by molar-refractivity contribution is -0.384. The Hall–Kier alpha value is -1.85. The Morgan fingerprint density at radius 1 is 1.53 bits per heavy atom. The van der Waals surface area contributed by atoms with Gasteiger partial charge in [-0.25, -0.2) is 4.98 Å². The van der Waals surface area contributed by atoms with Gasteiger partial charge in [0.1, 0.15) is 11.6 Å². The van der Waals surface area contributed by atoms with Crippen molar-refractivity contribution in [3.63, 3.8) is 0 Å². The Morgan fingerprint density at radius 2 is 2.21 bits per heavy atom. The van der Waals surface area contributed by atoms with Gasteiger partial charge in [0.2, 0.25) is 0 Å². The zero-order chi connectivity index (χ0) is 14.0. The molecule has 0 aliphatic heterocycles. The molecular formula is C13H20N4O2. The van der Waals surface area contributed by atoms with E-state index in [1.807, 2.05) is 0 Å². The molecule has 1 heterocycles. The van der Waals surface area contributed by atoms with Gasteiger partial charge >= 0.3 is 0 Å². The van der Waals surface area contributed by atoms with Gasteiger partial charge in [-0.3, -0.25) is 10.1 Å². The minimum atomic E-state index is -0.373. The molecule has 0 atom stereocenters. The molecule has 1 aromatic heterocycles. The van der Waals surface area contributed by atoms with Gasteiger partial charge in [0.05, 0.1) is 17.1 Å². The van der Waals surface area contributed by atoms with Gasteiger partial charge < -0.3 is 10.2 Å². The first kappa shape index (κ1) is 13.6. The van der Waals surface area contributed by atoms with E-state index in [1.165, 1.54) is 18.9 Å². The topological polar surface area (TPSA) is 71.3 Å². The summed E-state index contributed by atoms with van der Waals surface area (Å²) >= 11 is 0. The standard InChI is InChI=1S/C13H20N4O2/c1-9(2)16(8-10-4-5-10)13-7-11(17(18)19)6-12(14-3)15-13/h6-7,9-10H,4-5,8H2,1-3H3,(H,14,15). The molecule has 0 saturated heterocycles. The molecule has 0 amide bonds. The van der Waals surface area contributed by atoms with Crippen LogP contribution in [0.1, 0.15) is 26.7 Å². The maximum absolute atomic E-state index is 11.0. The van der Waals surface area contributed by atoms with E-state index in [0.29, 0.717) is 17.6 Å². The molecule has 1 saturated carbocycles. The number of rotatable bonds is 6. The van der Waals surface area contributed by atoms with Crippen molar-refractivity contribution in [2.24, 2.45) is 5.92 Å². The molecule has 0 spiro atoms. The number of hydrogen-bond donors (Lipinski definition) is 1. The molecular weight excluding hydrogens is 244 g/mol. The fraction of sp³-hybridized carbons (Fsp3) is 0.615. The van der Waals surface area contributed by atoms with Gasteiger partial charge in [-0.1, -0.05) is 0 Å². The third kappa shape index (κ3) is 3.33. The van der Waals surface area contributed by atoms with Gasteiger partial charge in [0.25, 0.3) is 5.69 Å². The molecule has 0 bridgehead atoms. The molecule has 1 N–H and O–H groups in total. The lowest BCUT2D eigenvalue weighted by atomic mass is 10.2. The number of pyridine rings is 1. The normalized spacial score (nSPS) is 14.5. The molecule has 1 fully saturated rings. The SMILES string of the molecule is CNc1cc([N+](=O)[O-])cc(N(CC2CC2)C(C)C)n1. The minimum absolute atomic E-state index is 0.0794. The minimum Gasteiger partial charge on any atom is -0.373 e. The smallest absolute Gasteiger partial charge is 0.276 e. The Morgan fingerprint density at radius 3 is 2.68 bits per heavy atom. The lowest BCUT2D eigenvalue weighted by Gasteiger charge is -2.28. The van der Waals surface area contributed by atoms with Crippen molar-refractivity contribution in [2.75, 3.05) is 23.8 Å². The van der Waals surface area contributed by atoms with Crippen molar-refractivity contribution >= 4 is 17.3 Å². The number of hydrogen-bond acceptors (Lipinski definition) is 5. The van der Waals surface area contributed by atoms with Gasteiger partial charge in [-0.05, 0) is 32.6 Å². The quantitative estimate of drug-likeness (QED) is 0.631.